The summed E-state index contributed by atoms with van der Waals surface area (Å²) in [6.45, 7) is 1.46. The van der Waals surface area contributed by atoms with Crippen LogP contribution < -0.4 is 11.1 Å². The fraction of sp³-hybridized carbons (Fsp3) is 0.500. The molecule has 1 atom stereocenters. The zero-order chi connectivity index (χ0) is 17.7. The van der Waals surface area contributed by atoms with Crippen LogP contribution in [0.2, 0.25) is 0 Å². The molecular formula is C16H21N3O5. The molecule has 1 aromatic rings. The molecule has 1 aromatic carbocycles. The van der Waals surface area contributed by atoms with E-state index in [-0.39, 0.29) is 28.9 Å². The van der Waals surface area contributed by atoms with Gasteiger partial charge in [-0.3, -0.25) is 14.9 Å². The highest BCUT2D eigenvalue weighted by atomic mass is 16.6. The van der Waals surface area contributed by atoms with Crippen LogP contribution in [0, 0.1) is 10.1 Å². The van der Waals surface area contributed by atoms with Crippen molar-refractivity contribution in [1.29, 1.82) is 0 Å². The second-order valence-electron chi connectivity index (χ2n) is 5.92. The van der Waals surface area contributed by atoms with Crippen molar-refractivity contribution in [2.75, 3.05) is 5.73 Å². The molecule has 24 heavy (non-hydrogen) atoms. The van der Waals surface area contributed by atoms with Gasteiger partial charge in [-0.2, -0.15) is 0 Å². The molecule has 1 aliphatic carbocycles. The lowest BCUT2D eigenvalue weighted by Gasteiger charge is -2.24. The molecule has 0 radical (unpaired) electrons. The van der Waals surface area contributed by atoms with Crippen LogP contribution in [-0.4, -0.2) is 28.9 Å². The summed E-state index contributed by atoms with van der Waals surface area (Å²) in [6, 6.07) is 3.62. The van der Waals surface area contributed by atoms with Crippen molar-refractivity contribution < 1.29 is 19.2 Å². The van der Waals surface area contributed by atoms with Crippen molar-refractivity contribution in [2.24, 2.45) is 0 Å². The van der Waals surface area contributed by atoms with E-state index in [1.165, 1.54) is 25.5 Å². The number of ether oxygens (including phenoxy) is 1. The summed E-state index contributed by atoms with van der Waals surface area (Å²) in [6.07, 6.45) is 4.16. The normalized spacial score (nSPS) is 16.2. The molecule has 130 valence electrons. The monoisotopic (exact) mass is 335 g/mol. The van der Waals surface area contributed by atoms with Crippen molar-refractivity contribution >= 4 is 23.3 Å². The van der Waals surface area contributed by atoms with Gasteiger partial charge in [0.05, 0.1) is 10.5 Å². The van der Waals surface area contributed by atoms with E-state index >= 15 is 0 Å². The Bertz CT molecular complexity index is 641. The maximum absolute atomic E-state index is 12.1. The molecule has 1 fully saturated rings. The van der Waals surface area contributed by atoms with Crippen molar-refractivity contribution in [3.63, 3.8) is 0 Å². The predicted octanol–water partition coefficient (Wildman–Crippen LogP) is 2.17. The van der Waals surface area contributed by atoms with Crippen LogP contribution in [-0.2, 0) is 9.53 Å². The number of nitrogens with zero attached hydrogens (tertiary/aromatic N) is 1. The number of carbonyl (C=O) groups is 2. The molecule has 2 rings (SSSR count). The van der Waals surface area contributed by atoms with Gasteiger partial charge in [-0.25, -0.2) is 4.79 Å². The molecule has 3 N–H and O–H groups in total. The van der Waals surface area contributed by atoms with Gasteiger partial charge in [0.25, 0.3) is 11.6 Å². The van der Waals surface area contributed by atoms with Crippen molar-refractivity contribution in [3.8, 4) is 0 Å². The van der Waals surface area contributed by atoms with Crippen LogP contribution in [0.25, 0.3) is 0 Å². The number of non-ortho nitro benzene ring substituents is 1. The van der Waals surface area contributed by atoms with Gasteiger partial charge < -0.3 is 15.8 Å². The highest BCUT2D eigenvalue weighted by Gasteiger charge is 2.24. The Morgan fingerprint density at radius 3 is 2.62 bits per heavy atom. The molecule has 8 nitrogen and oxygen atoms in total. The molecule has 0 unspecified atom stereocenters. The first-order valence-electron chi connectivity index (χ1n) is 7.93. The number of nitrogens with one attached hydrogen (secondary N) is 1. The van der Waals surface area contributed by atoms with Gasteiger partial charge in [0.15, 0.2) is 6.10 Å². The highest BCUT2D eigenvalue weighted by Crippen LogP contribution is 2.21. The number of anilines is 1. The SMILES string of the molecule is C[C@@H](OC(=O)c1cc([N+](=O)[O-])ccc1N)C(=O)NC1CCCCC1. The van der Waals surface area contributed by atoms with Gasteiger partial charge in [-0.05, 0) is 25.8 Å². The summed E-state index contributed by atoms with van der Waals surface area (Å²) in [5.74, 6) is -1.23. The lowest BCUT2D eigenvalue weighted by Crippen LogP contribution is -2.42. The number of amides is 1. The average molecular weight is 335 g/mol. The average Bonchev–Trinajstić information content (AvgIpc) is 2.55. The van der Waals surface area contributed by atoms with Crippen LogP contribution >= 0.6 is 0 Å². The van der Waals surface area contributed by atoms with Gasteiger partial charge in [0.2, 0.25) is 0 Å². The fourth-order valence-corrected chi connectivity index (χ4v) is 2.68. The molecule has 0 saturated heterocycles. The van der Waals surface area contributed by atoms with E-state index in [2.05, 4.69) is 5.32 Å². The highest BCUT2D eigenvalue weighted by molar-refractivity contribution is 5.97. The number of nitro groups is 1. The Labute approximate surface area is 139 Å². The summed E-state index contributed by atoms with van der Waals surface area (Å²) in [5, 5.41) is 13.7. The smallest absolute Gasteiger partial charge is 0.341 e. The van der Waals surface area contributed by atoms with Gasteiger partial charge in [-0.15, -0.1) is 0 Å². The Hall–Kier alpha value is -2.64. The lowest BCUT2D eigenvalue weighted by atomic mass is 9.95. The Balaban J connectivity index is 1.99. The van der Waals surface area contributed by atoms with Crippen LogP contribution in [0.1, 0.15) is 49.4 Å². The Morgan fingerprint density at radius 1 is 1.33 bits per heavy atom. The molecule has 0 spiro atoms. The topological polar surface area (TPSA) is 125 Å². The van der Waals surface area contributed by atoms with E-state index in [9.17, 15) is 19.7 Å². The summed E-state index contributed by atoms with van der Waals surface area (Å²) >= 11 is 0. The summed E-state index contributed by atoms with van der Waals surface area (Å²) < 4.78 is 5.10. The van der Waals surface area contributed by atoms with Crippen molar-refractivity contribution in [3.05, 3.63) is 33.9 Å². The summed E-state index contributed by atoms with van der Waals surface area (Å²) in [7, 11) is 0. The third-order valence-electron chi connectivity index (χ3n) is 4.07. The van der Waals surface area contributed by atoms with E-state index in [0.29, 0.717) is 0 Å². The molecule has 8 heteroatoms. The maximum Gasteiger partial charge on any atom is 0.341 e. The summed E-state index contributed by atoms with van der Waals surface area (Å²) in [4.78, 5) is 34.4. The summed E-state index contributed by atoms with van der Waals surface area (Å²) in [5.41, 5.74) is 5.34. The first kappa shape index (κ1) is 17.7. The van der Waals surface area contributed by atoms with E-state index in [1.54, 1.807) is 0 Å². The number of rotatable bonds is 5. The van der Waals surface area contributed by atoms with Crippen molar-refractivity contribution in [1.82, 2.24) is 5.32 Å². The third kappa shape index (κ3) is 4.43. The first-order valence-corrected chi connectivity index (χ1v) is 7.93. The standard InChI is InChI=1S/C16H21N3O5/c1-10(15(20)18-11-5-3-2-4-6-11)24-16(21)13-9-12(19(22)23)7-8-14(13)17/h7-11H,2-6,17H2,1H3,(H,18,20)/t10-/m1/s1. The van der Waals surface area contributed by atoms with Crippen LogP contribution in [0.5, 0.6) is 0 Å². The first-order chi connectivity index (χ1) is 11.4. The number of carbonyl (C=O) groups excluding carboxylic acids is 2. The Kier molecular flexibility index (Phi) is 5.73. The zero-order valence-electron chi connectivity index (χ0n) is 13.5. The number of esters is 1. The molecule has 1 aliphatic rings. The van der Waals surface area contributed by atoms with E-state index in [0.717, 1.165) is 31.7 Å². The number of hydrogen-bond acceptors (Lipinski definition) is 6. The molecule has 1 amide bonds. The number of hydrogen-bond donors (Lipinski definition) is 2. The minimum absolute atomic E-state index is 0.0606. The molecule has 0 bridgehead atoms. The fourth-order valence-electron chi connectivity index (χ4n) is 2.68. The van der Waals surface area contributed by atoms with E-state index < -0.39 is 17.0 Å². The van der Waals surface area contributed by atoms with Crippen LogP contribution in [0.15, 0.2) is 18.2 Å². The largest absolute Gasteiger partial charge is 0.449 e. The maximum atomic E-state index is 12.1. The second-order valence-corrected chi connectivity index (χ2v) is 5.92. The molecule has 0 heterocycles. The Morgan fingerprint density at radius 2 is 2.00 bits per heavy atom. The number of nitrogen functional groups attached to an aromatic ring is 1. The third-order valence-corrected chi connectivity index (χ3v) is 4.07. The molecule has 1 saturated carbocycles. The zero-order valence-corrected chi connectivity index (χ0v) is 13.5. The van der Waals surface area contributed by atoms with Gasteiger partial charge in [0, 0.05) is 23.9 Å². The molecule has 0 aromatic heterocycles. The van der Waals surface area contributed by atoms with E-state index in [1.807, 2.05) is 0 Å². The van der Waals surface area contributed by atoms with Gasteiger partial charge >= 0.3 is 5.97 Å². The quantitative estimate of drug-likeness (QED) is 0.368. The minimum atomic E-state index is -1.00. The molecule has 0 aliphatic heterocycles. The van der Waals surface area contributed by atoms with E-state index in [4.69, 9.17) is 10.5 Å². The van der Waals surface area contributed by atoms with Gasteiger partial charge in [-0.1, -0.05) is 19.3 Å². The number of nitro benzene ring substituents is 1. The van der Waals surface area contributed by atoms with Crippen LogP contribution in [0.3, 0.4) is 0 Å². The lowest BCUT2D eigenvalue weighted by molar-refractivity contribution is -0.384. The van der Waals surface area contributed by atoms with Crippen molar-refractivity contribution in [2.45, 2.75) is 51.2 Å². The minimum Gasteiger partial charge on any atom is -0.449 e. The van der Waals surface area contributed by atoms with Gasteiger partial charge in [0.1, 0.15) is 0 Å². The number of nitrogens with two attached hydrogens (primary N) is 1. The van der Waals surface area contributed by atoms with Crippen LogP contribution in [0.4, 0.5) is 11.4 Å². The molecular weight excluding hydrogens is 314 g/mol. The predicted molar refractivity (Wildman–Crippen MR) is 87.4 cm³/mol. The second kappa shape index (κ2) is 7.76. The number of benzene rings is 1.